The van der Waals surface area contributed by atoms with Crippen molar-refractivity contribution in [2.24, 2.45) is 0 Å². The summed E-state index contributed by atoms with van der Waals surface area (Å²) in [7, 11) is -2.36. The van der Waals surface area contributed by atoms with Gasteiger partial charge in [-0.25, -0.2) is 13.2 Å². The van der Waals surface area contributed by atoms with Gasteiger partial charge in [0.15, 0.2) is 9.84 Å². The first-order chi connectivity index (χ1) is 10.8. The van der Waals surface area contributed by atoms with Crippen molar-refractivity contribution < 1.29 is 27.5 Å². The van der Waals surface area contributed by atoms with E-state index < -0.39 is 21.8 Å². The average molecular weight is 342 g/mol. The van der Waals surface area contributed by atoms with Gasteiger partial charge >= 0.3 is 5.97 Å². The zero-order valence-corrected chi connectivity index (χ0v) is 13.6. The topological polar surface area (TPSA) is 111 Å². The molecule has 0 spiro atoms. The highest BCUT2D eigenvalue weighted by molar-refractivity contribution is 7.90. The lowest BCUT2D eigenvalue weighted by atomic mass is 10.2. The molecule has 1 fully saturated rings. The molecule has 1 aliphatic rings. The molecule has 1 heterocycles. The number of amides is 1. The maximum absolute atomic E-state index is 12.2. The van der Waals surface area contributed by atoms with Gasteiger partial charge in [-0.05, 0) is 18.2 Å². The number of carbonyl (C=O) groups excluding carboxylic acids is 2. The lowest BCUT2D eigenvalue weighted by Crippen LogP contribution is -2.48. The molecule has 8 nitrogen and oxygen atoms in total. The molecule has 126 valence electrons. The molecule has 9 heteroatoms. The predicted molar refractivity (Wildman–Crippen MR) is 82.1 cm³/mol. The summed E-state index contributed by atoms with van der Waals surface area (Å²) in [6.45, 7) is 1.30. The van der Waals surface area contributed by atoms with Gasteiger partial charge in [0.1, 0.15) is 6.04 Å². The molecule has 23 heavy (non-hydrogen) atoms. The Morgan fingerprint density at radius 1 is 1.35 bits per heavy atom. The Morgan fingerprint density at radius 3 is 2.65 bits per heavy atom. The van der Waals surface area contributed by atoms with Crippen LogP contribution in [0.5, 0.6) is 0 Å². The third-order valence-corrected chi connectivity index (χ3v) is 4.35. The Bertz CT molecular complexity index is 710. The van der Waals surface area contributed by atoms with Crippen molar-refractivity contribution in [3.63, 3.8) is 0 Å². The van der Waals surface area contributed by atoms with Crippen LogP contribution in [0.4, 0.5) is 5.69 Å². The summed E-state index contributed by atoms with van der Waals surface area (Å²) < 4.78 is 33.3. The molecule has 2 rings (SSSR count). The van der Waals surface area contributed by atoms with E-state index in [1.165, 1.54) is 25.3 Å². The van der Waals surface area contributed by atoms with Gasteiger partial charge in [-0.15, -0.1) is 0 Å². The van der Waals surface area contributed by atoms with E-state index in [1.807, 2.05) is 0 Å². The minimum absolute atomic E-state index is 0.0404. The van der Waals surface area contributed by atoms with Gasteiger partial charge in [0.2, 0.25) is 5.91 Å². The number of anilines is 1. The van der Waals surface area contributed by atoms with Crippen LogP contribution in [0.15, 0.2) is 23.1 Å². The number of hydrogen-bond acceptors (Lipinski definition) is 7. The minimum atomic E-state index is -3.55. The summed E-state index contributed by atoms with van der Waals surface area (Å²) in [4.78, 5) is 23.8. The molecular formula is C14H18N2O6S. The highest BCUT2D eigenvalue weighted by atomic mass is 32.2. The summed E-state index contributed by atoms with van der Waals surface area (Å²) in [6, 6.07) is 3.33. The second kappa shape index (κ2) is 7.07. The largest absolute Gasteiger partial charge is 0.465 e. The summed E-state index contributed by atoms with van der Waals surface area (Å²) in [5, 5.41) is 5.58. The van der Waals surface area contributed by atoms with Crippen LogP contribution in [0, 0.1) is 0 Å². The third kappa shape index (κ3) is 4.50. The Morgan fingerprint density at radius 2 is 2.09 bits per heavy atom. The van der Waals surface area contributed by atoms with Crippen LogP contribution in [-0.2, 0) is 24.1 Å². The zero-order chi connectivity index (χ0) is 17.0. The number of esters is 1. The third-order valence-electron chi connectivity index (χ3n) is 3.26. The number of morpholine rings is 1. The normalized spacial score (nSPS) is 18.3. The van der Waals surface area contributed by atoms with Gasteiger partial charge in [0, 0.05) is 18.5 Å². The maximum Gasteiger partial charge on any atom is 0.337 e. The number of nitrogens with one attached hydrogen (secondary N) is 2. The van der Waals surface area contributed by atoms with Gasteiger partial charge in [-0.2, -0.15) is 0 Å². The lowest BCUT2D eigenvalue weighted by molar-refractivity contribution is -0.120. The van der Waals surface area contributed by atoms with Crippen molar-refractivity contribution in [3.8, 4) is 0 Å². The number of benzene rings is 1. The first kappa shape index (κ1) is 17.4. The molecular weight excluding hydrogens is 324 g/mol. The maximum atomic E-state index is 12.2. The van der Waals surface area contributed by atoms with E-state index in [2.05, 4.69) is 15.4 Å². The summed E-state index contributed by atoms with van der Waals surface area (Å²) >= 11 is 0. The van der Waals surface area contributed by atoms with E-state index in [0.29, 0.717) is 13.2 Å². The van der Waals surface area contributed by atoms with Crippen molar-refractivity contribution in [1.29, 1.82) is 0 Å². The van der Waals surface area contributed by atoms with Crippen molar-refractivity contribution in [2.75, 3.05) is 38.4 Å². The highest BCUT2D eigenvalue weighted by Gasteiger charge is 2.22. The fourth-order valence-corrected chi connectivity index (χ4v) is 2.77. The molecule has 0 aromatic heterocycles. The molecule has 0 aliphatic carbocycles. The first-order valence-electron chi connectivity index (χ1n) is 6.86. The van der Waals surface area contributed by atoms with E-state index >= 15 is 0 Å². The highest BCUT2D eigenvalue weighted by Crippen LogP contribution is 2.20. The molecule has 1 amide bonds. The van der Waals surface area contributed by atoms with Crippen molar-refractivity contribution >= 4 is 27.4 Å². The fourth-order valence-electron chi connectivity index (χ4n) is 2.08. The quantitative estimate of drug-likeness (QED) is 0.729. The molecule has 1 aliphatic heterocycles. The molecule has 1 unspecified atom stereocenters. The van der Waals surface area contributed by atoms with Gasteiger partial charge in [0.05, 0.1) is 30.8 Å². The van der Waals surface area contributed by atoms with Gasteiger partial charge in [-0.3, -0.25) is 4.79 Å². The number of rotatable bonds is 4. The van der Waals surface area contributed by atoms with Gasteiger partial charge in [-0.1, -0.05) is 0 Å². The van der Waals surface area contributed by atoms with Gasteiger partial charge < -0.3 is 20.1 Å². The Kier molecular flexibility index (Phi) is 5.34. The molecule has 1 aromatic rings. The van der Waals surface area contributed by atoms with Crippen molar-refractivity contribution in [2.45, 2.75) is 10.9 Å². The fraction of sp³-hybridized carbons (Fsp3) is 0.429. The van der Waals surface area contributed by atoms with Crippen LogP contribution in [0.1, 0.15) is 10.4 Å². The van der Waals surface area contributed by atoms with E-state index in [0.717, 1.165) is 6.26 Å². The Balaban J connectivity index is 2.29. The van der Waals surface area contributed by atoms with Gasteiger partial charge in [0.25, 0.3) is 0 Å². The van der Waals surface area contributed by atoms with E-state index in [9.17, 15) is 18.0 Å². The van der Waals surface area contributed by atoms with Crippen LogP contribution in [0.25, 0.3) is 0 Å². The molecule has 1 atom stereocenters. The summed E-state index contributed by atoms with van der Waals surface area (Å²) in [6.07, 6.45) is 1.02. The number of ether oxygens (including phenoxy) is 2. The molecule has 0 radical (unpaired) electrons. The molecule has 1 saturated heterocycles. The van der Waals surface area contributed by atoms with E-state index in [-0.39, 0.29) is 28.7 Å². The molecule has 0 saturated carbocycles. The number of sulfone groups is 1. The predicted octanol–water partition coefficient (Wildman–Crippen LogP) is -0.196. The molecule has 2 N–H and O–H groups in total. The van der Waals surface area contributed by atoms with Crippen LogP contribution in [-0.4, -0.2) is 59.5 Å². The van der Waals surface area contributed by atoms with Crippen molar-refractivity contribution in [3.05, 3.63) is 23.8 Å². The molecule has 0 bridgehead atoms. The van der Waals surface area contributed by atoms with Crippen molar-refractivity contribution in [1.82, 2.24) is 5.32 Å². The van der Waals surface area contributed by atoms with Crippen LogP contribution >= 0.6 is 0 Å². The minimum Gasteiger partial charge on any atom is -0.465 e. The lowest BCUT2D eigenvalue weighted by Gasteiger charge is -2.23. The average Bonchev–Trinajstić information content (AvgIpc) is 2.53. The zero-order valence-electron chi connectivity index (χ0n) is 12.8. The number of methoxy groups -OCH3 is 1. The second-order valence-electron chi connectivity index (χ2n) is 5.08. The SMILES string of the molecule is COC(=O)c1cc(NC(=O)C2COCCN2)cc(S(C)(=O)=O)c1. The van der Waals surface area contributed by atoms with Crippen LogP contribution in [0.2, 0.25) is 0 Å². The molecule has 1 aromatic carbocycles. The Labute approximate surface area is 134 Å². The summed E-state index contributed by atoms with van der Waals surface area (Å²) in [5.74, 6) is -1.06. The first-order valence-corrected chi connectivity index (χ1v) is 8.76. The second-order valence-corrected chi connectivity index (χ2v) is 7.10. The standard InChI is InChI=1S/C14H18N2O6S/c1-21-14(18)9-5-10(7-11(6-9)23(2,19)20)16-13(17)12-8-22-4-3-15-12/h5-7,12,15H,3-4,8H2,1-2H3,(H,16,17). The van der Waals surface area contributed by atoms with Crippen LogP contribution < -0.4 is 10.6 Å². The number of carbonyl (C=O) groups is 2. The smallest absolute Gasteiger partial charge is 0.337 e. The monoisotopic (exact) mass is 342 g/mol. The Hall–Kier alpha value is -1.97. The van der Waals surface area contributed by atoms with Crippen LogP contribution in [0.3, 0.4) is 0 Å². The van der Waals surface area contributed by atoms with E-state index in [4.69, 9.17) is 4.74 Å². The number of hydrogen-bond donors (Lipinski definition) is 2. The summed E-state index contributed by atoms with van der Waals surface area (Å²) in [5.41, 5.74) is 0.240. The van der Waals surface area contributed by atoms with E-state index in [1.54, 1.807) is 0 Å².